The van der Waals surface area contributed by atoms with E-state index < -0.39 is 0 Å². The van der Waals surface area contributed by atoms with Gasteiger partial charge in [-0.05, 0) is 0 Å². The normalized spacial score (nSPS) is 9.64. The van der Waals surface area contributed by atoms with Crippen molar-refractivity contribution in [2.45, 2.75) is 39.3 Å². The maximum absolute atomic E-state index is 3.69. The minimum absolute atomic E-state index is 0.711. The minimum Gasteiger partial charge on any atom is -0.353 e. The highest BCUT2D eigenvalue weighted by Gasteiger charge is 2.08. The predicted molar refractivity (Wildman–Crippen MR) is 54.1 cm³/mol. The van der Waals surface area contributed by atoms with Crippen LogP contribution in [0.4, 0.5) is 0 Å². The van der Waals surface area contributed by atoms with Crippen LogP contribution in [-0.2, 0) is 0 Å². The third kappa shape index (κ3) is 6.17. The highest BCUT2D eigenvalue weighted by atomic mass is 14.8. The number of hydrogen-bond acceptors (Lipinski definition) is 1. The first-order valence-electron chi connectivity index (χ1n) is 4.69. The van der Waals surface area contributed by atoms with E-state index in [1.54, 1.807) is 0 Å². The smallest absolute Gasteiger partial charge is 0.220 e. The van der Waals surface area contributed by atoms with E-state index >= 15 is 0 Å². The van der Waals surface area contributed by atoms with Crippen molar-refractivity contribution < 1.29 is 0 Å². The van der Waals surface area contributed by atoms with E-state index in [0.717, 1.165) is 6.54 Å². The fraction of sp³-hybridized carbons (Fsp3) is 0.778. The van der Waals surface area contributed by atoms with Crippen molar-refractivity contribution in [1.82, 2.24) is 5.23 Å². The first-order valence-corrected chi connectivity index (χ1v) is 4.69. The average molecular weight is 153 g/mol. The summed E-state index contributed by atoms with van der Waals surface area (Å²) in [5.74, 6) is 0. The van der Waals surface area contributed by atoms with E-state index in [0.29, 0.717) is 6.85 Å². The molecule has 1 nitrogen and oxygen atoms in total. The van der Waals surface area contributed by atoms with Gasteiger partial charge in [-0.2, -0.15) is 0 Å². The monoisotopic (exact) mass is 153 g/mol. The van der Waals surface area contributed by atoms with Crippen LogP contribution in [0.3, 0.4) is 0 Å². The van der Waals surface area contributed by atoms with Crippen LogP contribution in [0.25, 0.3) is 0 Å². The van der Waals surface area contributed by atoms with Crippen molar-refractivity contribution in [3.05, 3.63) is 12.7 Å². The van der Waals surface area contributed by atoms with Gasteiger partial charge in [0, 0.05) is 6.54 Å². The Labute approximate surface area is 71.4 Å². The van der Waals surface area contributed by atoms with Crippen LogP contribution < -0.4 is 5.23 Å². The molecule has 0 unspecified atom stereocenters. The lowest BCUT2D eigenvalue weighted by molar-refractivity contribution is 0.935. The Kier molecular flexibility index (Phi) is 7.70. The second kappa shape index (κ2) is 7.87. The lowest BCUT2D eigenvalue weighted by Gasteiger charge is -2.11. The molecule has 0 fully saturated rings. The van der Waals surface area contributed by atoms with Crippen LogP contribution >= 0.6 is 0 Å². The van der Waals surface area contributed by atoms with Crippen molar-refractivity contribution in [3.63, 3.8) is 0 Å². The zero-order valence-electron chi connectivity index (χ0n) is 7.90. The van der Waals surface area contributed by atoms with Crippen LogP contribution in [0.2, 0.25) is 12.6 Å². The van der Waals surface area contributed by atoms with Crippen molar-refractivity contribution in [3.8, 4) is 0 Å². The third-order valence-electron chi connectivity index (χ3n) is 1.83. The minimum atomic E-state index is 0.711. The van der Waals surface area contributed by atoms with Crippen molar-refractivity contribution >= 4 is 6.85 Å². The molecule has 0 spiro atoms. The molecule has 0 aromatic carbocycles. The quantitative estimate of drug-likeness (QED) is 0.437. The molecule has 11 heavy (non-hydrogen) atoms. The van der Waals surface area contributed by atoms with Gasteiger partial charge in [0.1, 0.15) is 0 Å². The molecule has 0 radical (unpaired) electrons. The van der Waals surface area contributed by atoms with Gasteiger partial charge in [-0.1, -0.05) is 45.4 Å². The molecule has 0 rings (SSSR count). The Balaban J connectivity index is 3.41. The lowest BCUT2D eigenvalue weighted by atomic mass is 9.55. The fourth-order valence-corrected chi connectivity index (χ4v) is 1.30. The third-order valence-corrected chi connectivity index (χ3v) is 1.83. The van der Waals surface area contributed by atoms with Gasteiger partial charge in [0.15, 0.2) is 0 Å². The standard InChI is InChI=1S/C9H20BN/c1-4-7-10(8-5-2)11-9-6-3/h6,11H,3-5,7-9H2,1-2H3. The van der Waals surface area contributed by atoms with Gasteiger partial charge in [-0.15, -0.1) is 6.58 Å². The zero-order chi connectivity index (χ0) is 8.53. The topological polar surface area (TPSA) is 12.0 Å². The second-order valence-electron chi connectivity index (χ2n) is 2.97. The molecule has 0 saturated heterocycles. The molecule has 0 aromatic heterocycles. The largest absolute Gasteiger partial charge is 0.353 e. The van der Waals surface area contributed by atoms with Gasteiger partial charge in [0.2, 0.25) is 6.85 Å². The first kappa shape index (κ1) is 10.8. The summed E-state index contributed by atoms with van der Waals surface area (Å²) in [4.78, 5) is 0. The molecular weight excluding hydrogens is 133 g/mol. The van der Waals surface area contributed by atoms with E-state index in [1.807, 2.05) is 6.08 Å². The number of hydrogen-bond donors (Lipinski definition) is 1. The lowest BCUT2D eigenvalue weighted by Crippen LogP contribution is -2.33. The van der Waals surface area contributed by atoms with Crippen LogP contribution in [0.1, 0.15) is 26.7 Å². The van der Waals surface area contributed by atoms with Crippen molar-refractivity contribution in [2.24, 2.45) is 0 Å². The summed E-state index contributed by atoms with van der Waals surface area (Å²) in [5.41, 5.74) is 0. The second-order valence-corrected chi connectivity index (χ2v) is 2.97. The van der Waals surface area contributed by atoms with E-state index in [9.17, 15) is 0 Å². The fourth-order valence-electron chi connectivity index (χ4n) is 1.30. The Morgan fingerprint density at radius 3 is 2.18 bits per heavy atom. The summed E-state index contributed by atoms with van der Waals surface area (Å²) in [6.07, 6.45) is 7.06. The molecule has 0 heterocycles. The molecule has 0 saturated carbocycles. The van der Waals surface area contributed by atoms with E-state index in [4.69, 9.17) is 0 Å². The first-order chi connectivity index (χ1) is 5.35. The van der Waals surface area contributed by atoms with Crippen LogP contribution in [0.5, 0.6) is 0 Å². The molecule has 0 aliphatic heterocycles. The summed E-state index contributed by atoms with van der Waals surface area (Å²) in [6.45, 7) is 9.82. The summed E-state index contributed by atoms with van der Waals surface area (Å²) in [6, 6.07) is 0. The SMILES string of the molecule is C=CCNB(CCC)CCC. The van der Waals surface area contributed by atoms with Gasteiger partial charge in [-0.25, -0.2) is 0 Å². The maximum Gasteiger partial charge on any atom is 0.220 e. The highest BCUT2D eigenvalue weighted by Crippen LogP contribution is 2.02. The molecule has 0 aromatic rings. The molecule has 0 amide bonds. The van der Waals surface area contributed by atoms with Gasteiger partial charge >= 0.3 is 0 Å². The van der Waals surface area contributed by atoms with Gasteiger partial charge in [0.05, 0.1) is 0 Å². The molecular formula is C9H20BN. The molecule has 0 aliphatic carbocycles. The molecule has 0 atom stereocenters. The van der Waals surface area contributed by atoms with Gasteiger partial charge < -0.3 is 5.23 Å². The molecule has 64 valence electrons. The number of rotatable bonds is 7. The Bertz CT molecular complexity index is 87.6. The van der Waals surface area contributed by atoms with Crippen molar-refractivity contribution in [1.29, 1.82) is 0 Å². The maximum atomic E-state index is 3.69. The van der Waals surface area contributed by atoms with Crippen LogP contribution in [0.15, 0.2) is 12.7 Å². The van der Waals surface area contributed by atoms with Crippen molar-refractivity contribution in [2.75, 3.05) is 6.54 Å². The molecule has 2 heteroatoms. The molecule has 1 N–H and O–H groups in total. The van der Waals surface area contributed by atoms with Crippen LogP contribution in [0, 0.1) is 0 Å². The molecule has 0 aliphatic rings. The Morgan fingerprint density at radius 1 is 1.27 bits per heavy atom. The Hall–Kier alpha value is -0.235. The summed E-state index contributed by atoms with van der Waals surface area (Å²) in [7, 11) is 0. The molecule has 0 bridgehead atoms. The van der Waals surface area contributed by atoms with Gasteiger partial charge in [-0.3, -0.25) is 0 Å². The number of nitrogens with one attached hydrogen (secondary N) is 1. The Morgan fingerprint density at radius 2 is 1.82 bits per heavy atom. The predicted octanol–water partition coefficient (Wildman–Crippen LogP) is 2.57. The van der Waals surface area contributed by atoms with Gasteiger partial charge in [0.25, 0.3) is 0 Å². The average Bonchev–Trinajstić information content (AvgIpc) is 2.01. The van der Waals surface area contributed by atoms with E-state index in [2.05, 4.69) is 25.7 Å². The summed E-state index contributed by atoms with van der Waals surface area (Å²) in [5, 5.41) is 3.45. The van der Waals surface area contributed by atoms with E-state index in [-0.39, 0.29) is 0 Å². The van der Waals surface area contributed by atoms with E-state index in [1.165, 1.54) is 25.5 Å². The summed E-state index contributed by atoms with van der Waals surface area (Å²) < 4.78 is 0. The zero-order valence-corrected chi connectivity index (χ0v) is 7.90. The highest BCUT2D eigenvalue weighted by molar-refractivity contribution is 6.56. The van der Waals surface area contributed by atoms with Crippen LogP contribution in [-0.4, -0.2) is 13.4 Å². The summed E-state index contributed by atoms with van der Waals surface area (Å²) >= 11 is 0.